The Morgan fingerprint density at radius 2 is 1.63 bits per heavy atom. The smallest absolute Gasteiger partial charge is 0.244 e. The number of nitrogens with zero attached hydrogens (tertiary/aromatic N) is 1. The summed E-state index contributed by atoms with van der Waals surface area (Å²) in [6, 6.07) is 12.1. The van der Waals surface area contributed by atoms with Crippen molar-refractivity contribution in [2.75, 3.05) is 11.4 Å². The van der Waals surface area contributed by atoms with Crippen LogP contribution in [0.2, 0.25) is 5.02 Å². The molecule has 2 aromatic carbocycles. The molecule has 5 atom stereocenters. The van der Waals surface area contributed by atoms with Crippen molar-refractivity contribution < 1.29 is 19.3 Å². The Hall–Kier alpha value is -2.50. The Bertz CT molecular complexity index is 1040. The van der Waals surface area contributed by atoms with Crippen LogP contribution in [0.1, 0.15) is 34.3 Å². The maximum absolute atomic E-state index is 13.6. The van der Waals surface area contributed by atoms with Crippen molar-refractivity contribution in [3.05, 3.63) is 64.2 Å². The first-order valence-electron chi connectivity index (χ1n) is 10.5. The fraction of sp³-hybridized carbons (Fsp3) is 0.375. The molecule has 3 saturated heterocycles. The number of nitrogens with one attached hydrogen (secondary N) is 1. The Labute approximate surface area is 180 Å². The van der Waals surface area contributed by atoms with Crippen molar-refractivity contribution in [1.82, 2.24) is 0 Å². The van der Waals surface area contributed by atoms with Crippen molar-refractivity contribution in [2.24, 2.45) is 11.8 Å². The number of aryl methyl sites for hydroxylation is 2. The minimum atomic E-state index is -0.596. The van der Waals surface area contributed by atoms with Crippen molar-refractivity contribution in [3.63, 3.8) is 0 Å². The number of carbonyl (C=O) groups excluding carboxylic acids is 3. The van der Waals surface area contributed by atoms with Crippen LogP contribution >= 0.6 is 11.6 Å². The van der Waals surface area contributed by atoms with E-state index < -0.39 is 17.9 Å². The number of ketones is 1. The maximum atomic E-state index is 13.6. The van der Waals surface area contributed by atoms with Gasteiger partial charge in [-0.05, 0) is 61.4 Å². The van der Waals surface area contributed by atoms with E-state index >= 15 is 0 Å². The minimum Gasteiger partial charge on any atom is -0.322 e. The third kappa shape index (κ3) is 2.83. The molecule has 5 rings (SSSR count). The lowest BCUT2D eigenvalue weighted by Gasteiger charge is -2.25. The normalized spacial score (nSPS) is 30.0. The molecule has 0 saturated carbocycles. The zero-order valence-electron chi connectivity index (χ0n) is 17.0. The molecule has 0 aromatic heterocycles. The summed E-state index contributed by atoms with van der Waals surface area (Å²) in [5.41, 5.74) is 3.18. The maximum Gasteiger partial charge on any atom is 0.244 e. The van der Waals surface area contributed by atoms with Crippen LogP contribution < -0.4 is 9.80 Å². The van der Waals surface area contributed by atoms with E-state index in [1.165, 1.54) is 4.90 Å². The summed E-state index contributed by atoms with van der Waals surface area (Å²) in [6.07, 6.45) is 1.85. The summed E-state index contributed by atoms with van der Waals surface area (Å²) in [6.45, 7) is 4.74. The SMILES string of the molecule is Cc1cc(C)cc(N2C(=O)[C@@H]3[C@H](C2=O)[C@@H]2CCC[NH+]2[C@H]3C(=O)c2ccc(Cl)cc2)c1. The molecule has 3 aliphatic heterocycles. The molecule has 3 fully saturated rings. The first kappa shape index (κ1) is 19.5. The zero-order chi connectivity index (χ0) is 21.2. The standard InChI is InChI=1S/C24H23ClN2O3/c1-13-10-14(2)12-17(11-13)27-23(29)19-18-4-3-9-26(18)21(20(19)24(27)30)22(28)15-5-7-16(25)8-6-15/h5-8,10-12,18-21H,3-4,9H2,1-2H3/p+1/t18-,19+,20+,21+/m0/s1. The number of carbonyl (C=O) groups is 3. The highest BCUT2D eigenvalue weighted by Gasteiger charge is 2.68. The number of benzene rings is 2. The molecule has 1 N–H and O–H groups in total. The number of Topliss-reactive ketones (excluding diaryl/α,β-unsaturated/α-hetero) is 1. The van der Waals surface area contributed by atoms with E-state index in [0.29, 0.717) is 16.3 Å². The quantitative estimate of drug-likeness (QED) is 0.609. The van der Waals surface area contributed by atoms with Gasteiger partial charge in [0.2, 0.25) is 17.6 Å². The first-order chi connectivity index (χ1) is 14.4. The molecule has 3 heterocycles. The van der Waals surface area contributed by atoms with Crippen molar-refractivity contribution in [3.8, 4) is 0 Å². The molecule has 5 nitrogen and oxygen atoms in total. The van der Waals surface area contributed by atoms with Gasteiger partial charge in [-0.3, -0.25) is 14.4 Å². The molecular formula is C24H24ClN2O3+. The van der Waals surface area contributed by atoms with E-state index in [4.69, 9.17) is 11.6 Å². The molecule has 30 heavy (non-hydrogen) atoms. The summed E-state index contributed by atoms with van der Waals surface area (Å²) in [4.78, 5) is 43.0. The summed E-state index contributed by atoms with van der Waals surface area (Å²) < 4.78 is 0. The van der Waals surface area contributed by atoms with Gasteiger partial charge >= 0.3 is 0 Å². The molecule has 3 aliphatic rings. The lowest BCUT2D eigenvalue weighted by Crippen LogP contribution is -3.16. The molecule has 2 aromatic rings. The molecule has 0 aliphatic carbocycles. The number of fused-ring (bicyclic) bond motifs is 3. The summed E-state index contributed by atoms with van der Waals surface area (Å²) >= 11 is 5.99. The molecular weight excluding hydrogens is 400 g/mol. The van der Waals surface area contributed by atoms with E-state index in [9.17, 15) is 14.4 Å². The molecule has 2 amide bonds. The van der Waals surface area contributed by atoms with Gasteiger partial charge in [0, 0.05) is 23.4 Å². The number of anilines is 1. The van der Waals surface area contributed by atoms with Gasteiger partial charge in [0.15, 0.2) is 6.04 Å². The number of rotatable bonds is 3. The number of hydrogen-bond acceptors (Lipinski definition) is 3. The molecule has 154 valence electrons. The van der Waals surface area contributed by atoms with E-state index in [0.717, 1.165) is 35.4 Å². The van der Waals surface area contributed by atoms with Crippen LogP contribution in [0.3, 0.4) is 0 Å². The van der Waals surface area contributed by atoms with Gasteiger partial charge in [-0.1, -0.05) is 17.7 Å². The van der Waals surface area contributed by atoms with Crippen LogP contribution in [0.4, 0.5) is 5.69 Å². The monoisotopic (exact) mass is 423 g/mol. The summed E-state index contributed by atoms with van der Waals surface area (Å²) in [7, 11) is 0. The van der Waals surface area contributed by atoms with Crippen LogP contribution in [0.5, 0.6) is 0 Å². The average Bonchev–Trinajstić information content (AvgIpc) is 3.33. The Morgan fingerprint density at radius 1 is 1.00 bits per heavy atom. The molecule has 0 spiro atoms. The fourth-order valence-corrected chi connectivity index (χ4v) is 6.00. The van der Waals surface area contributed by atoms with Crippen LogP contribution in [0.15, 0.2) is 42.5 Å². The number of quaternary nitrogens is 1. The van der Waals surface area contributed by atoms with Gasteiger partial charge in [0.05, 0.1) is 12.2 Å². The second kappa shape index (κ2) is 7.03. The molecule has 6 heteroatoms. The molecule has 1 unspecified atom stereocenters. The van der Waals surface area contributed by atoms with Crippen LogP contribution in [-0.4, -0.2) is 36.2 Å². The highest BCUT2D eigenvalue weighted by Crippen LogP contribution is 2.40. The molecule has 0 bridgehead atoms. The fourth-order valence-electron chi connectivity index (χ4n) is 5.87. The lowest BCUT2D eigenvalue weighted by molar-refractivity contribution is -0.915. The van der Waals surface area contributed by atoms with Crippen LogP contribution in [-0.2, 0) is 9.59 Å². The third-order valence-corrected chi connectivity index (χ3v) is 7.17. The van der Waals surface area contributed by atoms with Gasteiger partial charge < -0.3 is 4.90 Å². The van der Waals surface area contributed by atoms with E-state index in [2.05, 4.69) is 0 Å². The third-order valence-electron chi connectivity index (χ3n) is 6.92. The van der Waals surface area contributed by atoms with E-state index in [1.54, 1.807) is 24.3 Å². The van der Waals surface area contributed by atoms with Crippen LogP contribution in [0.25, 0.3) is 0 Å². The molecule has 0 radical (unpaired) electrons. The first-order valence-corrected chi connectivity index (χ1v) is 10.9. The Balaban J connectivity index is 1.56. The number of halogens is 1. The van der Waals surface area contributed by atoms with Crippen molar-refractivity contribution >= 4 is 34.9 Å². The largest absolute Gasteiger partial charge is 0.322 e. The highest BCUT2D eigenvalue weighted by molar-refractivity contribution is 6.30. The van der Waals surface area contributed by atoms with Gasteiger partial charge in [0.25, 0.3) is 0 Å². The number of amides is 2. The number of hydrogen-bond donors (Lipinski definition) is 1. The zero-order valence-corrected chi connectivity index (χ0v) is 17.8. The second-order valence-corrected chi connectivity index (χ2v) is 9.27. The summed E-state index contributed by atoms with van der Waals surface area (Å²) in [5, 5.41) is 0.565. The Morgan fingerprint density at radius 3 is 2.30 bits per heavy atom. The van der Waals surface area contributed by atoms with Crippen LogP contribution in [0, 0.1) is 25.7 Å². The van der Waals surface area contributed by atoms with Gasteiger partial charge in [-0.25, -0.2) is 4.90 Å². The Kier molecular flexibility index (Phi) is 4.56. The van der Waals surface area contributed by atoms with E-state index in [1.807, 2.05) is 32.0 Å². The predicted octanol–water partition coefficient (Wildman–Crippen LogP) is 2.37. The predicted molar refractivity (Wildman–Crippen MR) is 114 cm³/mol. The van der Waals surface area contributed by atoms with Gasteiger partial charge in [-0.2, -0.15) is 0 Å². The summed E-state index contributed by atoms with van der Waals surface area (Å²) in [5.74, 6) is -1.46. The van der Waals surface area contributed by atoms with Gasteiger partial charge in [-0.15, -0.1) is 0 Å². The van der Waals surface area contributed by atoms with E-state index in [-0.39, 0.29) is 23.6 Å². The minimum absolute atomic E-state index is 0.0311. The van der Waals surface area contributed by atoms with Crippen molar-refractivity contribution in [1.29, 1.82) is 0 Å². The number of imide groups is 1. The topological polar surface area (TPSA) is 58.9 Å². The highest BCUT2D eigenvalue weighted by atomic mass is 35.5. The van der Waals surface area contributed by atoms with Gasteiger partial charge in [0.1, 0.15) is 17.9 Å². The lowest BCUT2D eigenvalue weighted by atomic mass is 9.85. The average molecular weight is 424 g/mol. The second-order valence-electron chi connectivity index (χ2n) is 8.83. The van der Waals surface area contributed by atoms with Crippen molar-refractivity contribution in [2.45, 2.75) is 38.8 Å².